The van der Waals surface area contributed by atoms with Crippen LogP contribution in [-0.2, 0) is 16.3 Å². The van der Waals surface area contributed by atoms with E-state index in [0.717, 1.165) is 12.0 Å². The molecule has 0 amide bonds. The number of sulfone groups is 1. The van der Waals surface area contributed by atoms with Crippen molar-refractivity contribution >= 4 is 15.6 Å². The van der Waals surface area contributed by atoms with E-state index in [-0.39, 0.29) is 23.2 Å². The molecule has 1 aromatic carbocycles. The van der Waals surface area contributed by atoms with Gasteiger partial charge in [-0.05, 0) is 24.0 Å². The fourth-order valence-electron chi connectivity index (χ4n) is 2.84. The van der Waals surface area contributed by atoms with Gasteiger partial charge in [-0.25, -0.2) is 8.42 Å². The van der Waals surface area contributed by atoms with Crippen molar-refractivity contribution in [3.05, 3.63) is 29.3 Å². The molecule has 19 heavy (non-hydrogen) atoms. The number of rotatable bonds is 3. The SMILES string of the molecule is O=C(CC1CCS(=O)(=O)C1)c1cccc2c1OCC2. The molecule has 0 spiro atoms. The highest BCUT2D eigenvalue weighted by Crippen LogP contribution is 2.32. The third-order valence-electron chi connectivity index (χ3n) is 3.82. The van der Waals surface area contributed by atoms with E-state index in [1.165, 1.54) is 0 Å². The van der Waals surface area contributed by atoms with Crippen LogP contribution in [0.1, 0.15) is 28.8 Å². The zero-order valence-electron chi connectivity index (χ0n) is 10.6. The van der Waals surface area contributed by atoms with Crippen molar-refractivity contribution < 1.29 is 17.9 Å². The first-order valence-electron chi connectivity index (χ1n) is 6.53. The summed E-state index contributed by atoms with van der Waals surface area (Å²) in [6, 6.07) is 5.61. The molecule has 2 aliphatic rings. The molecule has 0 radical (unpaired) electrons. The second-order valence-corrected chi connectivity index (χ2v) is 7.52. The molecule has 0 aromatic heterocycles. The minimum absolute atomic E-state index is 0.000787. The van der Waals surface area contributed by atoms with Gasteiger partial charge in [-0.15, -0.1) is 0 Å². The molecular weight excluding hydrogens is 264 g/mol. The minimum atomic E-state index is -2.92. The average Bonchev–Trinajstić information content (AvgIpc) is 2.94. The molecule has 3 rings (SSSR count). The second-order valence-electron chi connectivity index (χ2n) is 5.29. The number of fused-ring (bicyclic) bond motifs is 1. The number of para-hydroxylation sites is 1. The number of carbonyl (C=O) groups excluding carboxylic acids is 1. The van der Waals surface area contributed by atoms with Crippen molar-refractivity contribution in [1.82, 2.24) is 0 Å². The standard InChI is InChI=1S/C14H16O4S/c15-13(8-10-5-7-19(16,17)9-10)12-3-1-2-11-4-6-18-14(11)12/h1-3,10H,4-9H2. The summed E-state index contributed by atoms with van der Waals surface area (Å²) in [7, 11) is -2.92. The van der Waals surface area contributed by atoms with E-state index in [2.05, 4.69) is 0 Å². The number of Topliss-reactive ketones (excluding diaryl/α,β-unsaturated/α-hetero) is 1. The molecule has 4 nitrogen and oxygen atoms in total. The van der Waals surface area contributed by atoms with Crippen LogP contribution in [0.5, 0.6) is 5.75 Å². The van der Waals surface area contributed by atoms with Gasteiger partial charge in [0.1, 0.15) is 5.75 Å². The predicted molar refractivity (Wildman–Crippen MR) is 71.3 cm³/mol. The molecule has 1 atom stereocenters. The van der Waals surface area contributed by atoms with Crippen LogP contribution in [0.2, 0.25) is 0 Å². The maximum atomic E-state index is 12.3. The Morgan fingerprint density at radius 3 is 2.95 bits per heavy atom. The maximum absolute atomic E-state index is 12.3. The van der Waals surface area contributed by atoms with Gasteiger partial charge in [0, 0.05) is 12.8 Å². The van der Waals surface area contributed by atoms with E-state index < -0.39 is 9.84 Å². The summed E-state index contributed by atoms with van der Waals surface area (Å²) in [5.74, 6) is 1.03. The highest BCUT2D eigenvalue weighted by atomic mass is 32.2. The Balaban J connectivity index is 1.77. The Morgan fingerprint density at radius 2 is 2.21 bits per heavy atom. The topological polar surface area (TPSA) is 60.4 Å². The molecular formula is C14H16O4S. The Morgan fingerprint density at radius 1 is 1.37 bits per heavy atom. The van der Waals surface area contributed by atoms with Crippen LogP contribution in [0, 0.1) is 5.92 Å². The van der Waals surface area contributed by atoms with E-state index in [4.69, 9.17) is 4.74 Å². The van der Waals surface area contributed by atoms with Crippen LogP contribution in [0.3, 0.4) is 0 Å². The van der Waals surface area contributed by atoms with Gasteiger partial charge in [0.15, 0.2) is 15.6 Å². The summed E-state index contributed by atoms with van der Waals surface area (Å²) in [4.78, 5) is 12.3. The van der Waals surface area contributed by atoms with Crippen LogP contribution in [0.25, 0.3) is 0 Å². The summed E-state index contributed by atoms with van der Waals surface area (Å²) in [6.07, 6.45) is 1.75. The van der Waals surface area contributed by atoms with Gasteiger partial charge < -0.3 is 4.74 Å². The first-order valence-corrected chi connectivity index (χ1v) is 8.35. The van der Waals surface area contributed by atoms with Crippen LogP contribution >= 0.6 is 0 Å². The normalized spacial score (nSPS) is 23.9. The number of hydrogen-bond acceptors (Lipinski definition) is 4. The molecule has 102 valence electrons. The van der Waals surface area contributed by atoms with Crippen molar-refractivity contribution in [2.24, 2.45) is 5.92 Å². The van der Waals surface area contributed by atoms with E-state index in [9.17, 15) is 13.2 Å². The summed E-state index contributed by atoms with van der Waals surface area (Å²) < 4.78 is 28.3. The lowest BCUT2D eigenvalue weighted by molar-refractivity contribution is 0.0962. The van der Waals surface area contributed by atoms with Crippen molar-refractivity contribution in [3.8, 4) is 5.75 Å². The van der Waals surface area contributed by atoms with Crippen LogP contribution in [-0.4, -0.2) is 32.3 Å². The van der Waals surface area contributed by atoms with Gasteiger partial charge in [0.25, 0.3) is 0 Å². The smallest absolute Gasteiger partial charge is 0.166 e. The first-order chi connectivity index (χ1) is 9.05. The zero-order chi connectivity index (χ0) is 13.5. The van der Waals surface area contributed by atoms with Gasteiger partial charge in [0.2, 0.25) is 0 Å². The molecule has 0 aliphatic carbocycles. The lowest BCUT2D eigenvalue weighted by Crippen LogP contribution is -2.11. The lowest BCUT2D eigenvalue weighted by atomic mass is 9.96. The summed E-state index contributed by atoms with van der Waals surface area (Å²) in [5, 5.41) is 0. The Kier molecular flexibility index (Phi) is 3.09. The van der Waals surface area contributed by atoms with Crippen LogP contribution in [0.4, 0.5) is 0 Å². The van der Waals surface area contributed by atoms with Gasteiger partial charge in [-0.1, -0.05) is 12.1 Å². The lowest BCUT2D eigenvalue weighted by Gasteiger charge is -2.09. The van der Waals surface area contributed by atoms with Gasteiger partial charge in [0.05, 0.1) is 23.7 Å². The van der Waals surface area contributed by atoms with E-state index in [1.54, 1.807) is 6.07 Å². The van der Waals surface area contributed by atoms with Crippen molar-refractivity contribution in [3.63, 3.8) is 0 Å². The van der Waals surface area contributed by atoms with Crippen molar-refractivity contribution in [1.29, 1.82) is 0 Å². The summed E-state index contributed by atoms with van der Waals surface area (Å²) >= 11 is 0. The number of benzene rings is 1. The number of ketones is 1. The number of carbonyl (C=O) groups is 1. The molecule has 2 aliphatic heterocycles. The fourth-order valence-corrected chi connectivity index (χ4v) is 4.70. The Labute approximate surface area is 112 Å². The molecule has 5 heteroatoms. The molecule has 1 unspecified atom stereocenters. The van der Waals surface area contributed by atoms with Gasteiger partial charge in [-0.2, -0.15) is 0 Å². The average molecular weight is 280 g/mol. The van der Waals surface area contributed by atoms with Crippen molar-refractivity contribution in [2.45, 2.75) is 19.3 Å². The molecule has 0 N–H and O–H groups in total. The highest BCUT2D eigenvalue weighted by Gasteiger charge is 2.30. The largest absolute Gasteiger partial charge is 0.492 e. The maximum Gasteiger partial charge on any atom is 0.166 e. The molecule has 1 saturated heterocycles. The first kappa shape index (κ1) is 12.7. The summed E-state index contributed by atoms with van der Waals surface area (Å²) in [5.41, 5.74) is 1.68. The summed E-state index contributed by atoms with van der Waals surface area (Å²) in [6.45, 7) is 0.622. The van der Waals surface area contributed by atoms with Crippen molar-refractivity contribution in [2.75, 3.05) is 18.1 Å². The quantitative estimate of drug-likeness (QED) is 0.790. The molecule has 0 saturated carbocycles. The Hall–Kier alpha value is -1.36. The predicted octanol–water partition coefficient (Wildman–Crippen LogP) is 1.63. The third kappa shape index (κ3) is 2.52. The van der Waals surface area contributed by atoms with E-state index in [1.807, 2.05) is 12.1 Å². The molecule has 0 bridgehead atoms. The third-order valence-corrected chi connectivity index (χ3v) is 5.65. The fraction of sp³-hybridized carbons (Fsp3) is 0.500. The van der Waals surface area contributed by atoms with E-state index >= 15 is 0 Å². The zero-order valence-corrected chi connectivity index (χ0v) is 11.4. The highest BCUT2D eigenvalue weighted by molar-refractivity contribution is 7.91. The molecule has 1 fully saturated rings. The molecule has 2 heterocycles. The van der Waals surface area contributed by atoms with Crippen LogP contribution in [0.15, 0.2) is 18.2 Å². The monoisotopic (exact) mass is 280 g/mol. The van der Waals surface area contributed by atoms with Gasteiger partial charge >= 0.3 is 0 Å². The van der Waals surface area contributed by atoms with E-state index in [0.29, 0.717) is 30.8 Å². The number of hydrogen-bond donors (Lipinski definition) is 0. The second kappa shape index (κ2) is 4.63. The van der Waals surface area contributed by atoms with Crippen LogP contribution < -0.4 is 4.74 Å². The van der Waals surface area contributed by atoms with Gasteiger partial charge in [-0.3, -0.25) is 4.79 Å². The Bertz CT molecular complexity index is 618. The minimum Gasteiger partial charge on any atom is -0.492 e. The number of ether oxygens (including phenoxy) is 1. The molecule has 1 aromatic rings.